The van der Waals surface area contributed by atoms with E-state index in [1.165, 1.54) is 25.7 Å². The SMILES string of the molecule is C[C@H](CCC(=O)O)[C@H]1CCC2C3C(CCC21C)C1(C)CC[C@@H](O)CC1C[C@@H]3O. The molecule has 0 bridgehead atoms. The third kappa shape index (κ3) is 3.14. The number of hydrogen-bond acceptors (Lipinski definition) is 3. The van der Waals surface area contributed by atoms with Gasteiger partial charge in [-0.2, -0.15) is 0 Å². The summed E-state index contributed by atoms with van der Waals surface area (Å²) in [5.74, 6) is 2.36. The second-order valence-electron chi connectivity index (χ2n) is 11.4. The minimum absolute atomic E-state index is 0.179. The van der Waals surface area contributed by atoms with E-state index >= 15 is 0 Å². The Morgan fingerprint density at radius 1 is 1.00 bits per heavy atom. The molecule has 160 valence electrons. The molecule has 28 heavy (non-hydrogen) atoms. The summed E-state index contributed by atoms with van der Waals surface area (Å²) >= 11 is 0. The van der Waals surface area contributed by atoms with Crippen molar-refractivity contribution in [1.29, 1.82) is 0 Å². The average molecular weight is 393 g/mol. The van der Waals surface area contributed by atoms with Crippen molar-refractivity contribution >= 4 is 5.97 Å². The lowest BCUT2D eigenvalue weighted by molar-refractivity contribution is -0.174. The molecule has 4 nitrogen and oxygen atoms in total. The van der Waals surface area contributed by atoms with Crippen LogP contribution in [0.15, 0.2) is 0 Å². The number of carbonyl (C=O) groups is 1. The van der Waals surface area contributed by atoms with Gasteiger partial charge in [0, 0.05) is 6.42 Å². The highest BCUT2D eigenvalue weighted by Gasteiger charge is 2.62. The summed E-state index contributed by atoms with van der Waals surface area (Å²) in [5.41, 5.74) is 0.523. The van der Waals surface area contributed by atoms with Crippen LogP contribution in [0.2, 0.25) is 0 Å². The molecule has 10 atom stereocenters. The quantitative estimate of drug-likeness (QED) is 0.659. The van der Waals surface area contributed by atoms with Crippen molar-refractivity contribution in [2.45, 2.75) is 97.2 Å². The van der Waals surface area contributed by atoms with Gasteiger partial charge in [0.05, 0.1) is 12.2 Å². The smallest absolute Gasteiger partial charge is 0.303 e. The van der Waals surface area contributed by atoms with E-state index in [9.17, 15) is 15.0 Å². The number of carboxylic acids is 1. The molecular weight excluding hydrogens is 352 g/mol. The molecule has 0 amide bonds. The maximum absolute atomic E-state index is 11.2. The van der Waals surface area contributed by atoms with Crippen LogP contribution >= 0.6 is 0 Å². The van der Waals surface area contributed by atoms with Crippen LogP contribution in [-0.2, 0) is 4.79 Å². The van der Waals surface area contributed by atoms with Gasteiger partial charge in [-0.15, -0.1) is 0 Å². The molecule has 0 aromatic heterocycles. The Labute approximate surface area is 170 Å². The van der Waals surface area contributed by atoms with Gasteiger partial charge in [-0.25, -0.2) is 0 Å². The van der Waals surface area contributed by atoms with Gasteiger partial charge in [-0.1, -0.05) is 20.8 Å². The first-order valence-corrected chi connectivity index (χ1v) is 11.7. The van der Waals surface area contributed by atoms with E-state index in [4.69, 9.17) is 5.11 Å². The molecular formula is C24H40O4. The van der Waals surface area contributed by atoms with Crippen LogP contribution < -0.4 is 0 Å². The van der Waals surface area contributed by atoms with Crippen molar-refractivity contribution < 1.29 is 20.1 Å². The summed E-state index contributed by atoms with van der Waals surface area (Å²) in [4.78, 5) is 11.1. The average Bonchev–Trinajstić information content (AvgIpc) is 2.98. The Kier molecular flexibility index (Phi) is 5.36. The van der Waals surface area contributed by atoms with E-state index in [0.717, 1.165) is 32.1 Å². The third-order valence-corrected chi connectivity index (χ3v) is 10.2. The van der Waals surface area contributed by atoms with Gasteiger partial charge in [-0.3, -0.25) is 4.79 Å². The van der Waals surface area contributed by atoms with E-state index < -0.39 is 5.97 Å². The van der Waals surface area contributed by atoms with Crippen molar-refractivity contribution in [3.63, 3.8) is 0 Å². The van der Waals surface area contributed by atoms with Gasteiger partial charge in [0.25, 0.3) is 0 Å². The van der Waals surface area contributed by atoms with Crippen LogP contribution in [0.5, 0.6) is 0 Å². The van der Waals surface area contributed by atoms with Gasteiger partial charge >= 0.3 is 5.97 Å². The number of aliphatic hydroxyl groups excluding tert-OH is 2. The number of fused-ring (bicyclic) bond motifs is 5. The molecule has 0 radical (unpaired) electrons. The summed E-state index contributed by atoms with van der Waals surface area (Å²) in [6.07, 6.45) is 9.19. The zero-order valence-corrected chi connectivity index (χ0v) is 17.9. The lowest BCUT2D eigenvalue weighted by Gasteiger charge is -2.62. The lowest BCUT2D eigenvalue weighted by Crippen LogP contribution is -2.58. The van der Waals surface area contributed by atoms with E-state index in [0.29, 0.717) is 35.5 Å². The first-order chi connectivity index (χ1) is 13.2. The van der Waals surface area contributed by atoms with Crippen molar-refractivity contribution in [2.75, 3.05) is 0 Å². The summed E-state index contributed by atoms with van der Waals surface area (Å²) in [7, 11) is 0. The van der Waals surface area contributed by atoms with Crippen LogP contribution in [0, 0.1) is 46.3 Å². The molecule has 0 aliphatic heterocycles. The number of carboxylic acid groups (broad SMARTS) is 1. The van der Waals surface area contributed by atoms with E-state index in [1.807, 2.05) is 0 Å². The fraction of sp³-hybridized carbons (Fsp3) is 0.958. The zero-order valence-electron chi connectivity index (χ0n) is 17.9. The molecule has 0 heterocycles. The normalized spacial score (nSPS) is 51.7. The van der Waals surface area contributed by atoms with E-state index in [2.05, 4.69) is 20.8 Å². The first-order valence-electron chi connectivity index (χ1n) is 11.7. The van der Waals surface area contributed by atoms with Crippen molar-refractivity contribution in [2.24, 2.45) is 46.3 Å². The van der Waals surface area contributed by atoms with Crippen LogP contribution in [0.25, 0.3) is 0 Å². The minimum atomic E-state index is -0.684. The summed E-state index contributed by atoms with van der Waals surface area (Å²) in [5, 5.41) is 30.5. The van der Waals surface area contributed by atoms with Gasteiger partial charge < -0.3 is 15.3 Å². The fourth-order valence-corrected chi connectivity index (χ4v) is 8.73. The topological polar surface area (TPSA) is 77.8 Å². The predicted molar refractivity (Wildman–Crippen MR) is 109 cm³/mol. The number of hydrogen-bond donors (Lipinski definition) is 3. The van der Waals surface area contributed by atoms with Crippen LogP contribution in [0.4, 0.5) is 0 Å². The number of aliphatic hydroxyl groups is 2. The lowest BCUT2D eigenvalue weighted by atomic mass is 9.43. The van der Waals surface area contributed by atoms with Crippen molar-refractivity contribution in [3.05, 3.63) is 0 Å². The summed E-state index contributed by atoms with van der Waals surface area (Å²) in [6.45, 7) is 7.16. The van der Waals surface area contributed by atoms with Gasteiger partial charge in [0.15, 0.2) is 0 Å². The van der Waals surface area contributed by atoms with Gasteiger partial charge in [-0.05, 0) is 104 Å². The van der Waals surface area contributed by atoms with Crippen molar-refractivity contribution in [3.8, 4) is 0 Å². The summed E-state index contributed by atoms with van der Waals surface area (Å²) < 4.78 is 0. The number of aliphatic carboxylic acids is 1. The molecule has 3 N–H and O–H groups in total. The first kappa shape index (κ1) is 20.7. The maximum Gasteiger partial charge on any atom is 0.303 e. The Bertz CT molecular complexity index is 605. The predicted octanol–water partition coefficient (Wildman–Crippen LogP) is 4.48. The Morgan fingerprint density at radius 3 is 2.39 bits per heavy atom. The molecule has 0 aromatic carbocycles. The highest BCUT2D eigenvalue weighted by atomic mass is 16.4. The second kappa shape index (κ2) is 7.27. The van der Waals surface area contributed by atoms with Crippen LogP contribution in [0.3, 0.4) is 0 Å². The highest BCUT2D eigenvalue weighted by molar-refractivity contribution is 5.66. The largest absolute Gasteiger partial charge is 0.481 e. The number of rotatable bonds is 4. The monoisotopic (exact) mass is 392 g/mol. The molecule has 4 aliphatic carbocycles. The molecule has 0 spiro atoms. The van der Waals surface area contributed by atoms with Gasteiger partial charge in [0.1, 0.15) is 0 Å². The molecule has 4 heteroatoms. The molecule has 4 saturated carbocycles. The molecule has 6 unspecified atom stereocenters. The molecule has 4 aliphatic rings. The zero-order chi connectivity index (χ0) is 20.3. The Morgan fingerprint density at radius 2 is 1.68 bits per heavy atom. The second-order valence-corrected chi connectivity index (χ2v) is 11.4. The summed E-state index contributed by atoms with van der Waals surface area (Å²) in [6, 6.07) is 0. The van der Waals surface area contributed by atoms with Crippen LogP contribution in [0.1, 0.15) is 85.0 Å². The maximum atomic E-state index is 11.2. The van der Waals surface area contributed by atoms with Crippen molar-refractivity contribution in [1.82, 2.24) is 0 Å². The molecule has 0 saturated heterocycles. The fourth-order valence-electron chi connectivity index (χ4n) is 8.73. The van der Waals surface area contributed by atoms with Crippen LogP contribution in [-0.4, -0.2) is 33.5 Å². The Balaban J connectivity index is 1.55. The highest BCUT2D eigenvalue weighted by Crippen LogP contribution is 2.68. The molecule has 4 rings (SSSR count). The molecule has 4 fully saturated rings. The Hall–Kier alpha value is -0.610. The van der Waals surface area contributed by atoms with Gasteiger partial charge in [0.2, 0.25) is 0 Å². The molecule has 0 aromatic rings. The van der Waals surface area contributed by atoms with E-state index in [1.54, 1.807) is 0 Å². The standard InChI is InChI=1S/C24H40O4/c1-14(4-7-21(27)28)17-5-6-18-22-19(9-11-24(17,18)3)23(2)10-8-16(25)12-15(23)13-20(22)26/h14-20,22,25-26H,4-13H2,1-3H3,(H,27,28)/t14-,15?,16-,17-,18?,19?,20+,22?,23?,24?/m1/s1. The third-order valence-electron chi connectivity index (χ3n) is 10.2. The minimum Gasteiger partial charge on any atom is -0.481 e. The van der Waals surface area contributed by atoms with E-state index in [-0.39, 0.29) is 29.5 Å².